The Labute approximate surface area is 155 Å². The van der Waals surface area contributed by atoms with E-state index >= 15 is 0 Å². The summed E-state index contributed by atoms with van der Waals surface area (Å²) >= 11 is 5.84. The Hall–Kier alpha value is -2.80. The number of nitrogens with one attached hydrogen (secondary N) is 1. The molecule has 0 aliphatic rings. The smallest absolute Gasteiger partial charge is 0.312 e. The number of primary amides is 1. The Morgan fingerprint density at radius 2 is 1.92 bits per heavy atom. The van der Waals surface area contributed by atoms with Gasteiger partial charge in [-0.05, 0) is 35.4 Å². The number of carbonyl (C=O) groups is 2. The second kappa shape index (κ2) is 9.05. The van der Waals surface area contributed by atoms with Crippen LogP contribution in [-0.2, 0) is 16.1 Å². The summed E-state index contributed by atoms with van der Waals surface area (Å²) in [6, 6.07) is 9.46. The average molecular weight is 381 g/mol. The van der Waals surface area contributed by atoms with Gasteiger partial charge in [-0.2, -0.15) is 0 Å². The van der Waals surface area contributed by atoms with E-state index in [-0.39, 0.29) is 18.8 Å². The van der Waals surface area contributed by atoms with Gasteiger partial charge in [0.2, 0.25) is 0 Å². The second-order valence-electron chi connectivity index (χ2n) is 5.45. The van der Waals surface area contributed by atoms with Crippen molar-refractivity contribution in [2.75, 3.05) is 7.11 Å². The second-order valence-corrected chi connectivity index (χ2v) is 5.88. The van der Waals surface area contributed by atoms with Crippen LogP contribution in [0.4, 0.5) is 9.18 Å². The number of urea groups is 1. The predicted molar refractivity (Wildman–Crippen MR) is 94.3 cm³/mol. The Morgan fingerprint density at radius 1 is 1.23 bits per heavy atom. The van der Waals surface area contributed by atoms with Crippen LogP contribution in [0.1, 0.15) is 23.6 Å². The Bertz CT molecular complexity index is 783. The van der Waals surface area contributed by atoms with Gasteiger partial charge in [0.1, 0.15) is 6.61 Å². The SMILES string of the molecule is COc1ccc(COC(=O)CC(NC(N)=O)c2ccc(Cl)cc2)cc1F. The fourth-order valence-electron chi connectivity index (χ4n) is 2.31. The molecule has 138 valence electrons. The maximum absolute atomic E-state index is 13.6. The summed E-state index contributed by atoms with van der Waals surface area (Å²) in [6.07, 6.45) is -0.136. The fraction of sp³-hybridized carbons (Fsp3) is 0.222. The Balaban J connectivity index is 1.99. The molecule has 26 heavy (non-hydrogen) atoms. The first-order valence-corrected chi connectivity index (χ1v) is 8.06. The molecule has 1 atom stereocenters. The molecule has 0 aromatic heterocycles. The molecular formula is C18H18ClFN2O4. The number of amides is 2. The number of nitrogens with two attached hydrogens (primary N) is 1. The van der Waals surface area contributed by atoms with Crippen LogP contribution in [0.5, 0.6) is 5.75 Å². The molecule has 1 unspecified atom stereocenters. The van der Waals surface area contributed by atoms with E-state index in [0.717, 1.165) is 0 Å². The molecule has 0 saturated heterocycles. The molecule has 8 heteroatoms. The number of halogens is 2. The number of hydrogen-bond donors (Lipinski definition) is 2. The molecule has 0 saturated carbocycles. The maximum Gasteiger partial charge on any atom is 0.312 e. The highest BCUT2D eigenvalue weighted by atomic mass is 35.5. The van der Waals surface area contributed by atoms with Gasteiger partial charge in [-0.15, -0.1) is 0 Å². The topological polar surface area (TPSA) is 90.7 Å². The van der Waals surface area contributed by atoms with E-state index in [1.54, 1.807) is 30.3 Å². The molecule has 2 amide bonds. The van der Waals surface area contributed by atoms with Crippen LogP contribution in [0, 0.1) is 5.82 Å². The Morgan fingerprint density at radius 3 is 2.50 bits per heavy atom. The van der Waals surface area contributed by atoms with Crippen LogP contribution in [0.2, 0.25) is 5.02 Å². The first kappa shape index (κ1) is 19.5. The van der Waals surface area contributed by atoms with E-state index in [1.807, 2.05) is 0 Å². The molecule has 0 bridgehead atoms. The monoisotopic (exact) mass is 380 g/mol. The minimum absolute atomic E-state index is 0.105. The lowest BCUT2D eigenvalue weighted by Gasteiger charge is -2.17. The number of esters is 1. The minimum Gasteiger partial charge on any atom is -0.494 e. The zero-order valence-electron chi connectivity index (χ0n) is 14.0. The molecule has 0 heterocycles. The number of methoxy groups -OCH3 is 1. The van der Waals surface area contributed by atoms with Crippen molar-refractivity contribution in [3.8, 4) is 5.75 Å². The standard InChI is InChI=1S/C18H18ClFN2O4/c1-25-16-7-2-11(8-14(16)20)10-26-17(23)9-15(22-18(21)24)12-3-5-13(19)6-4-12/h2-8,15H,9-10H2,1H3,(H3,21,22,24). The van der Waals surface area contributed by atoms with Crippen LogP contribution in [-0.4, -0.2) is 19.1 Å². The van der Waals surface area contributed by atoms with E-state index < -0.39 is 23.9 Å². The van der Waals surface area contributed by atoms with Crippen molar-refractivity contribution in [2.45, 2.75) is 19.1 Å². The van der Waals surface area contributed by atoms with Gasteiger partial charge in [0.05, 0.1) is 19.6 Å². The molecule has 2 rings (SSSR count). The van der Waals surface area contributed by atoms with E-state index in [4.69, 9.17) is 26.8 Å². The lowest BCUT2D eigenvalue weighted by Crippen LogP contribution is -2.34. The number of benzene rings is 2. The van der Waals surface area contributed by atoms with Crippen molar-refractivity contribution in [3.05, 3.63) is 64.4 Å². The van der Waals surface area contributed by atoms with Crippen molar-refractivity contribution < 1.29 is 23.5 Å². The Kier molecular flexibility index (Phi) is 6.80. The van der Waals surface area contributed by atoms with E-state index in [1.165, 1.54) is 19.2 Å². The van der Waals surface area contributed by atoms with Crippen molar-refractivity contribution in [1.29, 1.82) is 0 Å². The van der Waals surface area contributed by atoms with Crippen molar-refractivity contribution in [2.24, 2.45) is 5.73 Å². The molecule has 2 aromatic rings. The first-order chi connectivity index (χ1) is 12.4. The first-order valence-electron chi connectivity index (χ1n) is 7.68. The van der Waals surface area contributed by atoms with Gasteiger partial charge in [0, 0.05) is 5.02 Å². The average Bonchev–Trinajstić information content (AvgIpc) is 2.60. The largest absolute Gasteiger partial charge is 0.494 e. The summed E-state index contributed by atoms with van der Waals surface area (Å²) in [5.41, 5.74) is 6.29. The van der Waals surface area contributed by atoms with Gasteiger partial charge in [-0.1, -0.05) is 29.8 Å². The van der Waals surface area contributed by atoms with Gasteiger partial charge in [0.25, 0.3) is 0 Å². The van der Waals surface area contributed by atoms with Crippen LogP contribution < -0.4 is 15.8 Å². The molecule has 0 spiro atoms. The summed E-state index contributed by atoms with van der Waals surface area (Å²) in [7, 11) is 1.36. The molecule has 3 N–H and O–H groups in total. The highest BCUT2D eigenvalue weighted by Crippen LogP contribution is 2.21. The van der Waals surface area contributed by atoms with E-state index in [9.17, 15) is 14.0 Å². The quantitative estimate of drug-likeness (QED) is 0.721. The third-order valence-electron chi connectivity index (χ3n) is 3.58. The predicted octanol–water partition coefficient (Wildman–Crippen LogP) is 3.33. The van der Waals surface area contributed by atoms with Crippen LogP contribution in [0.25, 0.3) is 0 Å². The van der Waals surface area contributed by atoms with E-state index in [0.29, 0.717) is 16.1 Å². The third kappa shape index (κ3) is 5.63. The molecule has 0 radical (unpaired) electrons. The zero-order valence-corrected chi connectivity index (χ0v) is 14.8. The van der Waals surface area contributed by atoms with Gasteiger partial charge >= 0.3 is 12.0 Å². The highest BCUT2D eigenvalue weighted by molar-refractivity contribution is 6.30. The lowest BCUT2D eigenvalue weighted by atomic mass is 10.0. The summed E-state index contributed by atoms with van der Waals surface area (Å²) in [6.45, 7) is -0.107. The minimum atomic E-state index is -0.769. The van der Waals surface area contributed by atoms with Crippen LogP contribution in [0.3, 0.4) is 0 Å². The number of ether oxygens (including phenoxy) is 2. The normalized spacial score (nSPS) is 11.5. The number of rotatable bonds is 7. The van der Waals surface area contributed by atoms with Crippen LogP contribution in [0.15, 0.2) is 42.5 Å². The van der Waals surface area contributed by atoms with Gasteiger partial charge in [-0.25, -0.2) is 9.18 Å². The third-order valence-corrected chi connectivity index (χ3v) is 3.83. The molecule has 6 nitrogen and oxygen atoms in total. The maximum atomic E-state index is 13.6. The number of carbonyl (C=O) groups excluding carboxylic acids is 2. The summed E-state index contributed by atoms with van der Waals surface area (Å²) in [4.78, 5) is 23.3. The summed E-state index contributed by atoms with van der Waals surface area (Å²) in [5, 5.41) is 3.01. The van der Waals surface area contributed by atoms with Gasteiger partial charge in [-0.3, -0.25) is 4.79 Å². The highest BCUT2D eigenvalue weighted by Gasteiger charge is 2.18. The molecular weight excluding hydrogens is 363 g/mol. The summed E-state index contributed by atoms with van der Waals surface area (Å²) < 4.78 is 23.6. The fourth-order valence-corrected chi connectivity index (χ4v) is 2.43. The van der Waals surface area contributed by atoms with Crippen molar-refractivity contribution in [1.82, 2.24) is 5.32 Å². The zero-order chi connectivity index (χ0) is 19.1. The molecule has 2 aromatic carbocycles. The number of hydrogen-bond acceptors (Lipinski definition) is 4. The van der Waals surface area contributed by atoms with Gasteiger partial charge in [0.15, 0.2) is 11.6 Å². The van der Waals surface area contributed by atoms with E-state index in [2.05, 4.69) is 5.32 Å². The van der Waals surface area contributed by atoms with Crippen molar-refractivity contribution in [3.63, 3.8) is 0 Å². The van der Waals surface area contributed by atoms with Crippen molar-refractivity contribution >= 4 is 23.6 Å². The summed E-state index contributed by atoms with van der Waals surface area (Å²) in [5.74, 6) is -1.01. The lowest BCUT2D eigenvalue weighted by molar-refractivity contribution is -0.145. The molecule has 0 aliphatic heterocycles. The van der Waals surface area contributed by atoms with Gasteiger partial charge < -0.3 is 20.5 Å². The molecule has 0 fully saturated rings. The van der Waals surface area contributed by atoms with Crippen LogP contribution >= 0.6 is 11.6 Å². The molecule has 0 aliphatic carbocycles.